The summed E-state index contributed by atoms with van der Waals surface area (Å²) in [5, 5.41) is 33.3. The van der Waals surface area contributed by atoms with Crippen molar-refractivity contribution in [3.05, 3.63) is 60.2 Å². The maximum Gasteiger partial charge on any atom is 0.328 e. The Morgan fingerprint density at radius 3 is 1.18 bits per heavy atom. The van der Waals surface area contributed by atoms with Crippen LogP contribution in [0, 0.1) is 11.6 Å². The molecule has 8 rings (SSSR count). The second kappa shape index (κ2) is 31.3. The normalized spacial score (nSPS) is 17.2. The molecule has 0 radical (unpaired) electrons. The Labute approximate surface area is 444 Å². The Bertz CT molecular complexity index is 2270. The van der Waals surface area contributed by atoms with Crippen molar-refractivity contribution in [2.24, 2.45) is 0 Å². The van der Waals surface area contributed by atoms with Crippen molar-refractivity contribution in [2.45, 2.75) is 89.1 Å². The molecule has 7 N–H and O–H groups in total. The van der Waals surface area contributed by atoms with Gasteiger partial charge in [-0.25, -0.2) is 28.4 Å². The molecule has 0 amide bonds. The third-order valence-electron chi connectivity index (χ3n) is 13.3. The Hall–Kier alpha value is -6.80. The summed E-state index contributed by atoms with van der Waals surface area (Å²) in [7, 11) is 12.3. The van der Waals surface area contributed by atoms with Crippen molar-refractivity contribution in [2.75, 3.05) is 133 Å². The number of ether oxygens (including phenoxy) is 2. The van der Waals surface area contributed by atoms with E-state index in [0.717, 1.165) is 111 Å². The minimum Gasteiger partial charge on any atom is -0.494 e. The van der Waals surface area contributed by atoms with E-state index in [2.05, 4.69) is 85.1 Å². The van der Waals surface area contributed by atoms with Gasteiger partial charge in [0, 0.05) is 95.1 Å². The molecule has 76 heavy (non-hydrogen) atoms. The van der Waals surface area contributed by atoms with Crippen LogP contribution < -0.4 is 40.8 Å². The van der Waals surface area contributed by atoms with E-state index in [1.807, 2.05) is 14.1 Å². The first kappa shape index (κ1) is 60.1. The van der Waals surface area contributed by atoms with Gasteiger partial charge < -0.3 is 55.0 Å². The highest BCUT2D eigenvalue weighted by Crippen LogP contribution is 2.28. The zero-order chi connectivity index (χ0) is 55.0. The van der Waals surface area contributed by atoms with Gasteiger partial charge in [-0.3, -0.25) is 10.9 Å². The number of piperidine rings is 2. The zero-order valence-electron chi connectivity index (χ0n) is 45.0. The molecule has 4 saturated heterocycles. The van der Waals surface area contributed by atoms with Gasteiger partial charge in [0.2, 0.25) is 35.7 Å². The van der Waals surface area contributed by atoms with E-state index in [1.54, 1.807) is 24.3 Å². The Morgan fingerprint density at radius 1 is 0.553 bits per heavy atom. The van der Waals surface area contributed by atoms with Gasteiger partial charge in [0.15, 0.2) is 23.1 Å². The molecule has 25 heteroatoms. The molecule has 6 heterocycles. The van der Waals surface area contributed by atoms with Crippen LogP contribution >= 0.6 is 0 Å². The number of rotatable bonds is 16. The molecule has 4 fully saturated rings. The van der Waals surface area contributed by atoms with Crippen molar-refractivity contribution in [3.63, 3.8) is 0 Å². The number of carbonyl (C=O) groups is 2. The van der Waals surface area contributed by atoms with Gasteiger partial charge in [-0.2, -0.15) is 29.9 Å². The first-order valence-electron chi connectivity index (χ1n) is 25.8. The maximum atomic E-state index is 14.2. The van der Waals surface area contributed by atoms with Gasteiger partial charge in [-0.05, 0) is 116 Å². The lowest BCUT2D eigenvalue weighted by molar-refractivity contribution is -0.134. The number of halogens is 2. The number of aliphatic hydroxyl groups excluding tert-OH is 1. The fourth-order valence-electron chi connectivity index (χ4n) is 8.88. The summed E-state index contributed by atoms with van der Waals surface area (Å²) in [5.41, 5.74) is 7.87. The van der Waals surface area contributed by atoms with E-state index in [-0.39, 0.29) is 11.5 Å². The van der Waals surface area contributed by atoms with Gasteiger partial charge in [0.25, 0.3) is 0 Å². The smallest absolute Gasteiger partial charge is 0.328 e. The van der Waals surface area contributed by atoms with E-state index in [1.165, 1.54) is 52.0 Å². The number of hydrogen-bond acceptors (Lipinski definition) is 21. The number of carboxylic acid groups (broad SMARTS) is 2. The quantitative estimate of drug-likeness (QED) is 0.0606. The summed E-state index contributed by atoms with van der Waals surface area (Å²) < 4.78 is 38.5. The molecule has 0 unspecified atom stereocenters. The molecule has 4 aliphatic rings. The SMILES string of the molecule is CO.COc1ccc(Nc2nc(NN3CCCCCC3)nc(N(C)C3CCN(C)CC3)n2)cc1F.COc1ccc(Nc2nc(NN3CCCCCC3)nc(N(C)C3CCN(C)CC3)n2)cc1F.O=C(O)/C=C\C(=O)O. The van der Waals surface area contributed by atoms with Gasteiger partial charge in [0.05, 0.1) is 14.2 Å². The summed E-state index contributed by atoms with van der Waals surface area (Å²) in [6.45, 7) is 8.03. The van der Waals surface area contributed by atoms with Crippen molar-refractivity contribution in [1.82, 2.24) is 49.7 Å². The average molecular weight is 1070 g/mol. The lowest BCUT2D eigenvalue weighted by atomic mass is 10.0. The Kier molecular flexibility index (Phi) is 24.7. The second-order valence-corrected chi connectivity index (χ2v) is 18.8. The summed E-state index contributed by atoms with van der Waals surface area (Å²) in [5.74, 6) is -0.0442. The highest BCUT2D eigenvalue weighted by Gasteiger charge is 2.26. The number of methoxy groups -OCH3 is 2. The first-order chi connectivity index (χ1) is 36.7. The monoisotopic (exact) mass is 1060 g/mol. The van der Waals surface area contributed by atoms with E-state index < -0.39 is 23.6 Å². The van der Waals surface area contributed by atoms with Crippen LogP contribution in [0.4, 0.5) is 55.8 Å². The fraction of sp³-hybridized carbons (Fsp3) is 0.569. The number of hydrogen-bond donors (Lipinski definition) is 7. The van der Waals surface area contributed by atoms with Crippen LogP contribution in [0.1, 0.15) is 77.0 Å². The van der Waals surface area contributed by atoms with Gasteiger partial charge in [-0.1, -0.05) is 25.7 Å². The topological polar surface area (TPSA) is 258 Å². The average Bonchev–Trinajstić information content (AvgIpc) is 3.85. The molecule has 0 aliphatic carbocycles. The van der Waals surface area contributed by atoms with Gasteiger partial charge >= 0.3 is 11.9 Å². The Balaban J connectivity index is 0.000000239. The van der Waals surface area contributed by atoms with Gasteiger partial charge in [0.1, 0.15) is 0 Å². The van der Waals surface area contributed by atoms with Crippen molar-refractivity contribution < 1.29 is 43.2 Å². The van der Waals surface area contributed by atoms with E-state index in [9.17, 15) is 18.4 Å². The zero-order valence-corrected chi connectivity index (χ0v) is 45.0. The Morgan fingerprint density at radius 2 is 0.882 bits per heavy atom. The number of nitrogens with zero attached hydrogens (tertiary/aromatic N) is 12. The second-order valence-electron chi connectivity index (χ2n) is 18.8. The number of likely N-dealkylation sites (tertiary alicyclic amines) is 2. The molecular formula is C51H78F2N16O7. The predicted octanol–water partition coefficient (Wildman–Crippen LogP) is 6.31. The number of anilines is 8. The number of carboxylic acids is 2. The third kappa shape index (κ3) is 19.7. The highest BCUT2D eigenvalue weighted by atomic mass is 19.1. The lowest BCUT2D eigenvalue weighted by Crippen LogP contribution is -2.42. The lowest BCUT2D eigenvalue weighted by Gasteiger charge is -2.35. The van der Waals surface area contributed by atoms with Gasteiger partial charge in [-0.15, -0.1) is 0 Å². The molecule has 0 bridgehead atoms. The standard InChI is InChI=1S/2C23H35FN8O.C4H4O4.CH4O/c2*1-30-14-10-18(11-15-30)31(2)23-27-21(25-17-8-9-20(33-3)19(24)16-17)26-22(28-23)29-32-12-6-4-5-7-13-32;5-3(6)1-2-4(7)8;1-2/h2*8-9,16,18H,4-7,10-15H2,1-3H3,(H2,25,26,27,28,29);1-2H,(H,5,6)(H,7,8);2H,1H3/b;;2-1-;. The van der Waals surface area contributed by atoms with Crippen molar-refractivity contribution in [3.8, 4) is 11.5 Å². The fourth-order valence-corrected chi connectivity index (χ4v) is 8.88. The van der Waals surface area contributed by atoms with Crippen LogP contribution in [0.25, 0.3) is 0 Å². The highest BCUT2D eigenvalue weighted by molar-refractivity contribution is 5.89. The minimum atomic E-state index is -1.26. The molecule has 0 atom stereocenters. The molecule has 2 aromatic heterocycles. The number of nitrogens with one attached hydrogen (secondary N) is 4. The maximum absolute atomic E-state index is 14.2. The number of aromatic nitrogens is 6. The molecule has 418 valence electrons. The molecule has 4 aliphatic heterocycles. The van der Waals surface area contributed by atoms with Crippen molar-refractivity contribution in [1.29, 1.82) is 0 Å². The van der Waals surface area contributed by atoms with Crippen LogP contribution in [-0.2, 0) is 9.59 Å². The largest absolute Gasteiger partial charge is 0.494 e. The molecule has 4 aromatic rings. The van der Waals surface area contributed by atoms with Crippen LogP contribution in [0.3, 0.4) is 0 Å². The number of benzene rings is 2. The predicted molar refractivity (Wildman–Crippen MR) is 290 cm³/mol. The first-order valence-corrected chi connectivity index (χ1v) is 25.8. The van der Waals surface area contributed by atoms with Crippen LogP contribution in [0.5, 0.6) is 11.5 Å². The van der Waals surface area contributed by atoms with E-state index in [0.29, 0.717) is 71.3 Å². The minimum absolute atomic E-state index is 0.197. The number of aliphatic hydroxyl groups is 1. The van der Waals surface area contributed by atoms with Crippen molar-refractivity contribution >= 4 is 59.0 Å². The summed E-state index contributed by atoms with van der Waals surface area (Å²) in [4.78, 5) is 56.1. The summed E-state index contributed by atoms with van der Waals surface area (Å²) in [6.07, 6.45) is 14.9. The number of hydrazine groups is 2. The van der Waals surface area contributed by atoms with E-state index in [4.69, 9.17) is 34.8 Å². The van der Waals surface area contributed by atoms with E-state index >= 15 is 0 Å². The molecule has 0 saturated carbocycles. The molecule has 2 aromatic carbocycles. The summed E-state index contributed by atoms with van der Waals surface area (Å²) in [6, 6.07) is 10.1. The van der Waals surface area contributed by atoms with Crippen LogP contribution in [0.2, 0.25) is 0 Å². The van der Waals surface area contributed by atoms with Crippen LogP contribution in [0.15, 0.2) is 48.6 Å². The summed E-state index contributed by atoms with van der Waals surface area (Å²) >= 11 is 0. The molecular weight excluding hydrogens is 987 g/mol. The molecule has 23 nitrogen and oxygen atoms in total. The molecule has 0 spiro atoms. The third-order valence-corrected chi connectivity index (χ3v) is 13.3. The number of aliphatic carboxylic acids is 2. The van der Waals surface area contributed by atoms with Crippen LogP contribution in [-0.4, -0.2) is 191 Å².